The van der Waals surface area contributed by atoms with Crippen molar-refractivity contribution in [2.24, 2.45) is 0 Å². The van der Waals surface area contributed by atoms with Gasteiger partial charge in [-0.15, -0.1) is 0 Å². The monoisotopic (exact) mass is 358 g/mol. The molecule has 2 aliphatic rings. The average molecular weight is 358 g/mol. The third kappa shape index (κ3) is 4.11. The summed E-state index contributed by atoms with van der Waals surface area (Å²) < 4.78 is 0. The van der Waals surface area contributed by atoms with Crippen LogP contribution in [0.5, 0.6) is 0 Å². The summed E-state index contributed by atoms with van der Waals surface area (Å²) in [7, 11) is 3.45. The Balaban J connectivity index is 1.54. The molecule has 1 aromatic carbocycles. The third-order valence-electron chi connectivity index (χ3n) is 5.72. The van der Waals surface area contributed by atoms with E-state index in [2.05, 4.69) is 34.9 Å². The molecule has 0 spiro atoms. The summed E-state index contributed by atoms with van der Waals surface area (Å²) >= 11 is 0. The van der Waals surface area contributed by atoms with Gasteiger partial charge in [-0.2, -0.15) is 0 Å². The number of carbonyl (C=O) groups is 2. The molecule has 0 aromatic heterocycles. The molecule has 1 aliphatic heterocycles. The standard InChI is InChI=1S/C20H30N4O2/c1-23(2)19(26)22-17-10-6-13-24(14-17)18(25)21-15-20(11-7-12-20)16-8-4-3-5-9-16/h3-5,8-9,17H,6-7,10-15H2,1-2H3,(H,21,25)(H,22,26). The van der Waals surface area contributed by atoms with Crippen molar-refractivity contribution in [1.82, 2.24) is 20.4 Å². The van der Waals surface area contributed by atoms with Crippen molar-refractivity contribution in [1.29, 1.82) is 0 Å². The van der Waals surface area contributed by atoms with Gasteiger partial charge in [0.05, 0.1) is 0 Å². The van der Waals surface area contributed by atoms with Gasteiger partial charge in [0.15, 0.2) is 0 Å². The number of likely N-dealkylation sites (tertiary alicyclic amines) is 1. The molecule has 2 N–H and O–H groups in total. The number of benzene rings is 1. The number of amides is 4. The number of hydrogen-bond donors (Lipinski definition) is 2. The Morgan fingerprint density at radius 3 is 2.54 bits per heavy atom. The fraction of sp³-hybridized carbons (Fsp3) is 0.600. The lowest BCUT2D eigenvalue weighted by Crippen LogP contribution is -2.55. The zero-order valence-corrected chi connectivity index (χ0v) is 15.8. The van der Waals surface area contributed by atoms with Gasteiger partial charge in [-0.05, 0) is 31.2 Å². The summed E-state index contributed by atoms with van der Waals surface area (Å²) in [6, 6.07) is 10.4. The van der Waals surface area contributed by atoms with Crippen LogP contribution in [0, 0.1) is 0 Å². The Bertz CT molecular complexity index is 628. The summed E-state index contributed by atoms with van der Waals surface area (Å²) in [4.78, 5) is 27.9. The topological polar surface area (TPSA) is 64.7 Å². The van der Waals surface area contributed by atoms with Gasteiger partial charge in [-0.3, -0.25) is 0 Å². The van der Waals surface area contributed by atoms with Gasteiger partial charge >= 0.3 is 12.1 Å². The van der Waals surface area contributed by atoms with E-state index in [1.807, 2.05) is 11.0 Å². The highest BCUT2D eigenvalue weighted by molar-refractivity contribution is 5.75. The molecule has 1 unspecified atom stereocenters. The van der Waals surface area contributed by atoms with Gasteiger partial charge < -0.3 is 20.4 Å². The molecule has 1 aromatic rings. The molecule has 6 heteroatoms. The van der Waals surface area contributed by atoms with E-state index in [1.165, 1.54) is 16.9 Å². The summed E-state index contributed by atoms with van der Waals surface area (Å²) in [5, 5.41) is 6.14. The molecule has 1 atom stereocenters. The number of rotatable bonds is 4. The average Bonchev–Trinajstić information content (AvgIpc) is 2.61. The van der Waals surface area contributed by atoms with E-state index in [-0.39, 0.29) is 23.5 Å². The molecule has 1 saturated carbocycles. The fourth-order valence-electron chi connectivity index (χ4n) is 3.90. The van der Waals surface area contributed by atoms with E-state index in [0.717, 1.165) is 32.2 Å². The lowest BCUT2D eigenvalue weighted by Gasteiger charge is -2.43. The molecule has 3 rings (SSSR count). The van der Waals surface area contributed by atoms with Crippen LogP contribution in [0.3, 0.4) is 0 Å². The van der Waals surface area contributed by atoms with Gasteiger partial charge in [0.2, 0.25) is 0 Å². The molecule has 1 heterocycles. The number of nitrogens with zero attached hydrogens (tertiary/aromatic N) is 2. The minimum absolute atomic E-state index is 0.0176. The van der Waals surface area contributed by atoms with Crippen molar-refractivity contribution in [2.75, 3.05) is 33.7 Å². The minimum Gasteiger partial charge on any atom is -0.337 e. The predicted octanol–water partition coefficient (Wildman–Crippen LogP) is 2.55. The van der Waals surface area contributed by atoms with Crippen LogP contribution in [-0.2, 0) is 5.41 Å². The van der Waals surface area contributed by atoms with Crippen molar-refractivity contribution >= 4 is 12.1 Å². The first-order valence-electron chi connectivity index (χ1n) is 9.56. The third-order valence-corrected chi connectivity index (χ3v) is 5.72. The highest BCUT2D eigenvalue weighted by Gasteiger charge is 2.39. The maximum absolute atomic E-state index is 12.7. The quantitative estimate of drug-likeness (QED) is 0.869. The van der Waals surface area contributed by atoms with Crippen LogP contribution in [0.25, 0.3) is 0 Å². The Morgan fingerprint density at radius 2 is 1.92 bits per heavy atom. The second-order valence-electron chi connectivity index (χ2n) is 7.79. The Morgan fingerprint density at radius 1 is 1.19 bits per heavy atom. The van der Waals surface area contributed by atoms with Crippen LogP contribution in [0.15, 0.2) is 30.3 Å². The summed E-state index contributed by atoms with van der Waals surface area (Å²) in [6.07, 6.45) is 5.29. The normalized spacial score (nSPS) is 21.5. The minimum atomic E-state index is -0.102. The summed E-state index contributed by atoms with van der Waals surface area (Å²) in [5.41, 5.74) is 1.41. The molecule has 2 fully saturated rings. The Hall–Kier alpha value is -2.24. The number of urea groups is 2. The van der Waals surface area contributed by atoms with Crippen LogP contribution >= 0.6 is 0 Å². The first-order valence-corrected chi connectivity index (χ1v) is 9.56. The lowest BCUT2D eigenvalue weighted by atomic mass is 9.64. The molecule has 26 heavy (non-hydrogen) atoms. The van der Waals surface area contributed by atoms with E-state index in [1.54, 1.807) is 14.1 Å². The van der Waals surface area contributed by atoms with E-state index in [0.29, 0.717) is 13.1 Å². The molecular weight excluding hydrogens is 328 g/mol. The van der Waals surface area contributed by atoms with Crippen LogP contribution in [0.2, 0.25) is 0 Å². The molecule has 142 valence electrons. The Labute approximate surface area is 155 Å². The van der Waals surface area contributed by atoms with Crippen LogP contribution in [0.4, 0.5) is 9.59 Å². The van der Waals surface area contributed by atoms with Crippen LogP contribution < -0.4 is 10.6 Å². The van der Waals surface area contributed by atoms with Crippen molar-refractivity contribution in [3.8, 4) is 0 Å². The summed E-state index contributed by atoms with van der Waals surface area (Å²) in [6.45, 7) is 2.00. The molecule has 4 amide bonds. The molecule has 1 saturated heterocycles. The van der Waals surface area contributed by atoms with Crippen molar-refractivity contribution in [3.05, 3.63) is 35.9 Å². The van der Waals surface area contributed by atoms with Gasteiger partial charge in [0, 0.05) is 45.2 Å². The molecular formula is C20H30N4O2. The smallest absolute Gasteiger partial charge is 0.317 e. The second kappa shape index (κ2) is 7.98. The van der Waals surface area contributed by atoms with Gasteiger partial charge in [-0.1, -0.05) is 36.8 Å². The number of nitrogens with one attached hydrogen (secondary N) is 2. The molecule has 6 nitrogen and oxygen atoms in total. The SMILES string of the molecule is CN(C)C(=O)NC1CCCN(C(=O)NCC2(c3ccccc3)CCC2)C1. The first-order chi connectivity index (χ1) is 12.5. The van der Waals surface area contributed by atoms with Crippen molar-refractivity contribution in [3.63, 3.8) is 0 Å². The fourth-order valence-corrected chi connectivity index (χ4v) is 3.90. The highest BCUT2D eigenvalue weighted by Crippen LogP contribution is 2.43. The number of piperidine rings is 1. The van der Waals surface area contributed by atoms with E-state index in [9.17, 15) is 9.59 Å². The van der Waals surface area contributed by atoms with E-state index < -0.39 is 0 Å². The molecule has 1 aliphatic carbocycles. The lowest BCUT2D eigenvalue weighted by molar-refractivity contribution is 0.160. The molecule has 0 bridgehead atoms. The van der Waals surface area contributed by atoms with Crippen molar-refractivity contribution in [2.45, 2.75) is 43.6 Å². The van der Waals surface area contributed by atoms with E-state index >= 15 is 0 Å². The summed E-state index contributed by atoms with van der Waals surface area (Å²) in [5.74, 6) is 0. The number of carbonyl (C=O) groups excluding carboxylic acids is 2. The maximum Gasteiger partial charge on any atom is 0.317 e. The van der Waals surface area contributed by atoms with E-state index in [4.69, 9.17) is 0 Å². The zero-order chi connectivity index (χ0) is 18.6. The van der Waals surface area contributed by atoms with Crippen molar-refractivity contribution < 1.29 is 9.59 Å². The van der Waals surface area contributed by atoms with Gasteiger partial charge in [-0.25, -0.2) is 9.59 Å². The largest absolute Gasteiger partial charge is 0.337 e. The van der Waals surface area contributed by atoms with Gasteiger partial charge in [0.1, 0.15) is 0 Å². The predicted molar refractivity (Wildman–Crippen MR) is 102 cm³/mol. The maximum atomic E-state index is 12.7. The second-order valence-corrected chi connectivity index (χ2v) is 7.79. The first kappa shape index (κ1) is 18.5. The zero-order valence-electron chi connectivity index (χ0n) is 15.8. The highest BCUT2D eigenvalue weighted by atomic mass is 16.2. The Kier molecular flexibility index (Phi) is 5.69. The van der Waals surface area contributed by atoms with Gasteiger partial charge in [0.25, 0.3) is 0 Å². The molecule has 0 radical (unpaired) electrons. The van der Waals surface area contributed by atoms with Crippen LogP contribution in [-0.4, -0.2) is 61.6 Å². The van der Waals surface area contributed by atoms with Crippen LogP contribution in [0.1, 0.15) is 37.7 Å². The number of hydrogen-bond acceptors (Lipinski definition) is 2.